The lowest BCUT2D eigenvalue weighted by Crippen LogP contribution is -1.91. The number of thiazole rings is 1. The quantitative estimate of drug-likeness (QED) is 0.603. The van der Waals surface area contributed by atoms with Gasteiger partial charge in [-0.15, -0.1) is 11.3 Å². The Balaban J connectivity index is 1.75. The predicted molar refractivity (Wildman–Crippen MR) is 95.9 cm³/mol. The Labute approximate surface area is 140 Å². The maximum atomic E-state index is 12.9. The maximum Gasteiger partial charge on any atom is 0.187 e. The SMILES string of the molecule is CCC(C)c1ccc(-c2csc(Nc3ccc(F)cc3)n2)cc1. The van der Waals surface area contributed by atoms with Gasteiger partial charge in [-0.05, 0) is 42.2 Å². The number of anilines is 2. The average Bonchev–Trinajstić information content (AvgIpc) is 3.05. The minimum atomic E-state index is -0.239. The first kappa shape index (κ1) is 15.7. The fraction of sp³-hybridized carbons (Fsp3) is 0.211. The number of halogens is 1. The molecule has 1 atom stereocenters. The van der Waals surface area contributed by atoms with E-state index in [1.54, 1.807) is 23.5 Å². The highest BCUT2D eigenvalue weighted by Gasteiger charge is 2.07. The van der Waals surface area contributed by atoms with Gasteiger partial charge in [-0.2, -0.15) is 0 Å². The Hall–Kier alpha value is -2.20. The van der Waals surface area contributed by atoms with Gasteiger partial charge >= 0.3 is 0 Å². The summed E-state index contributed by atoms with van der Waals surface area (Å²) in [6.07, 6.45) is 1.14. The molecule has 2 aromatic carbocycles. The van der Waals surface area contributed by atoms with Crippen molar-refractivity contribution in [3.05, 3.63) is 65.3 Å². The molecule has 2 nitrogen and oxygen atoms in total. The Bertz CT molecular complexity index is 763. The molecule has 0 radical (unpaired) electrons. The molecule has 0 saturated carbocycles. The maximum absolute atomic E-state index is 12.9. The summed E-state index contributed by atoms with van der Waals surface area (Å²) in [4.78, 5) is 4.61. The molecule has 0 aliphatic rings. The van der Waals surface area contributed by atoms with Gasteiger partial charge < -0.3 is 5.32 Å². The topological polar surface area (TPSA) is 24.9 Å². The molecule has 0 aliphatic carbocycles. The summed E-state index contributed by atoms with van der Waals surface area (Å²) in [6.45, 7) is 4.44. The van der Waals surface area contributed by atoms with Crippen LogP contribution >= 0.6 is 11.3 Å². The summed E-state index contributed by atoms with van der Waals surface area (Å²) in [6, 6.07) is 14.9. The first-order valence-electron chi connectivity index (χ1n) is 7.74. The molecule has 23 heavy (non-hydrogen) atoms. The van der Waals surface area contributed by atoms with Crippen LogP contribution in [0, 0.1) is 5.82 Å². The number of benzene rings is 2. The second-order valence-electron chi connectivity index (χ2n) is 5.60. The zero-order valence-corrected chi connectivity index (χ0v) is 14.0. The van der Waals surface area contributed by atoms with Crippen molar-refractivity contribution in [3.63, 3.8) is 0 Å². The van der Waals surface area contributed by atoms with E-state index in [1.807, 2.05) is 5.38 Å². The summed E-state index contributed by atoms with van der Waals surface area (Å²) in [5.74, 6) is 0.340. The van der Waals surface area contributed by atoms with E-state index in [9.17, 15) is 4.39 Å². The van der Waals surface area contributed by atoms with Gasteiger partial charge in [0.15, 0.2) is 5.13 Å². The molecule has 118 valence electrons. The van der Waals surface area contributed by atoms with Gasteiger partial charge in [0.2, 0.25) is 0 Å². The third-order valence-electron chi connectivity index (χ3n) is 3.99. The molecule has 1 aromatic heterocycles. The van der Waals surface area contributed by atoms with Crippen LogP contribution in [0.1, 0.15) is 31.7 Å². The molecule has 0 amide bonds. The normalized spacial score (nSPS) is 12.1. The highest BCUT2D eigenvalue weighted by atomic mass is 32.1. The minimum absolute atomic E-state index is 0.239. The highest BCUT2D eigenvalue weighted by Crippen LogP contribution is 2.28. The highest BCUT2D eigenvalue weighted by molar-refractivity contribution is 7.14. The van der Waals surface area contributed by atoms with Gasteiger partial charge in [-0.3, -0.25) is 0 Å². The molecule has 0 fully saturated rings. The van der Waals surface area contributed by atoms with Crippen molar-refractivity contribution >= 4 is 22.2 Å². The summed E-state index contributed by atoms with van der Waals surface area (Å²) in [7, 11) is 0. The van der Waals surface area contributed by atoms with Crippen molar-refractivity contribution in [2.24, 2.45) is 0 Å². The predicted octanol–water partition coefficient (Wildman–Crippen LogP) is 6.21. The van der Waals surface area contributed by atoms with E-state index >= 15 is 0 Å². The molecule has 1 heterocycles. The van der Waals surface area contributed by atoms with Gasteiger partial charge in [0, 0.05) is 16.6 Å². The molecule has 1 unspecified atom stereocenters. The van der Waals surface area contributed by atoms with Crippen molar-refractivity contribution in [2.45, 2.75) is 26.2 Å². The Morgan fingerprint density at radius 3 is 2.43 bits per heavy atom. The van der Waals surface area contributed by atoms with E-state index in [-0.39, 0.29) is 5.82 Å². The number of nitrogens with zero attached hydrogens (tertiary/aromatic N) is 1. The fourth-order valence-electron chi connectivity index (χ4n) is 2.34. The van der Waals surface area contributed by atoms with Crippen molar-refractivity contribution < 1.29 is 4.39 Å². The smallest absolute Gasteiger partial charge is 0.187 e. The van der Waals surface area contributed by atoms with E-state index in [0.717, 1.165) is 28.5 Å². The molecule has 4 heteroatoms. The lowest BCUT2D eigenvalue weighted by atomic mass is 9.97. The Morgan fingerprint density at radius 2 is 1.78 bits per heavy atom. The molecule has 1 N–H and O–H groups in total. The van der Waals surface area contributed by atoms with Crippen LogP contribution in [0.2, 0.25) is 0 Å². The van der Waals surface area contributed by atoms with Gasteiger partial charge in [0.05, 0.1) is 5.69 Å². The van der Waals surface area contributed by atoms with Crippen LogP contribution in [0.25, 0.3) is 11.3 Å². The number of nitrogens with one attached hydrogen (secondary N) is 1. The van der Waals surface area contributed by atoms with Crippen LogP contribution in [0.15, 0.2) is 53.9 Å². The molecule has 0 bridgehead atoms. The molecule has 0 aliphatic heterocycles. The minimum Gasteiger partial charge on any atom is -0.332 e. The second kappa shape index (κ2) is 6.92. The Morgan fingerprint density at radius 1 is 1.09 bits per heavy atom. The number of hydrogen-bond acceptors (Lipinski definition) is 3. The van der Waals surface area contributed by atoms with Gasteiger partial charge in [-0.25, -0.2) is 9.37 Å². The largest absolute Gasteiger partial charge is 0.332 e. The summed E-state index contributed by atoms with van der Waals surface area (Å²) in [5, 5.41) is 6.04. The third kappa shape index (κ3) is 3.77. The zero-order chi connectivity index (χ0) is 16.2. The zero-order valence-electron chi connectivity index (χ0n) is 13.2. The van der Waals surface area contributed by atoms with Gasteiger partial charge in [0.25, 0.3) is 0 Å². The van der Waals surface area contributed by atoms with Crippen LogP contribution in [0.4, 0.5) is 15.2 Å². The van der Waals surface area contributed by atoms with E-state index in [1.165, 1.54) is 17.7 Å². The number of aromatic nitrogens is 1. The van der Waals surface area contributed by atoms with Crippen LogP contribution in [0.3, 0.4) is 0 Å². The van der Waals surface area contributed by atoms with Crippen LogP contribution in [0.5, 0.6) is 0 Å². The average molecular weight is 326 g/mol. The van der Waals surface area contributed by atoms with Crippen LogP contribution in [-0.2, 0) is 0 Å². The number of hydrogen-bond donors (Lipinski definition) is 1. The van der Waals surface area contributed by atoms with Gasteiger partial charge in [0.1, 0.15) is 5.82 Å². The van der Waals surface area contributed by atoms with Crippen molar-refractivity contribution in [1.82, 2.24) is 4.98 Å². The lowest BCUT2D eigenvalue weighted by Gasteiger charge is -2.08. The van der Waals surface area contributed by atoms with Crippen LogP contribution in [-0.4, -0.2) is 4.98 Å². The number of rotatable bonds is 5. The molecule has 0 spiro atoms. The first-order valence-corrected chi connectivity index (χ1v) is 8.62. The standard InChI is InChI=1S/C19H19FN2S/c1-3-13(2)14-4-6-15(7-5-14)18-12-23-19(22-18)21-17-10-8-16(20)9-11-17/h4-13H,3H2,1-2H3,(H,21,22). The molecular formula is C19H19FN2S. The van der Waals surface area contributed by atoms with Crippen LogP contribution < -0.4 is 5.32 Å². The van der Waals surface area contributed by atoms with E-state index in [0.29, 0.717) is 5.92 Å². The van der Waals surface area contributed by atoms with Gasteiger partial charge in [-0.1, -0.05) is 38.1 Å². The molecule has 0 saturated heterocycles. The third-order valence-corrected chi connectivity index (χ3v) is 4.75. The molecular weight excluding hydrogens is 307 g/mol. The second-order valence-corrected chi connectivity index (χ2v) is 6.46. The van der Waals surface area contributed by atoms with Crippen molar-refractivity contribution in [2.75, 3.05) is 5.32 Å². The fourth-order valence-corrected chi connectivity index (χ4v) is 3.08. The molecule has 3 aromatic rings. The van der Waals surface area contributed by atoms with Crippen molar-refractivity contribution in [1.29, 1.82) is 0 Å². The summed E-state index contributed by atoms with van der Waals surface area (Å²) in [5.41, 5.74) is 4.26. The monoisotopic (exact) mass is 326 g/mol. The Kier molecular flexibility index (Phi) is 4.72. The lowest BCUT2D eigenvalue weighted by molar-refractivity contribution is 0.628. The summed E-state index contributed by atoms with van der Waals surface area (Å²) >= 11 is 1.54. The summed E-state index contributed by atoms with van der Waals surface area (Å²) < 4.78 is 12.9. The van der Waals surface area contributed by atoms with E-state index < -0.39 is 0 Å². The first-order chi connectivity index (χ1) is 11.2. The molecule has 3 rings (SSSR count). The van der Waals surface area contributed by atoms with E-state index in [2.05, 4.69) is 48.4 Å². The van der Waals surface area contributed by atoms with E-state index in [4.69, 9.17) is 0 Å². The van der Waals surface area contributed by atoms with Crippen molar-refractivity contribution in [3.8, 4) is 11.3 Å².